The Kier molecular flexibility index (Phi) is 4.22. The molecule has 0 amide bonds. The minimum atomic E-state index is 0.196. The van der Waals surface area contributed by atoms with Crippen molar-refractivity contribution in [2.75, 3.05) is 14.2 Å². The molecule has 1 aromatic carbocycles. The molecule has 1 aromatic rings. The van der Waals surface area contributed by atoms with Gasteiger partial charge in [-0.2, -0.15) is 0 Å². The van der Waals surface area contributed by atoms with E-state index in [2.05, 4.69) is 32.9 Å². The lowest BCUT2D eigenvalue weighted by molar-refractivity contribution is 0.384. The van der Waals surface area contributed by atoms with Gasteiger partial charge in [-0.3, -0.25) is 0 Å². The van der Waals surface area contributed by atoms with Crippen LogP contribution in [0.4, 0.5) is 0 Å². The smallest absolute Gasteiger partial charge is 0.122 e. The molecule has 0 radical (unpaired) electrons. The van der Waals surface area contributed by atoms with Gasteiger partial charge >= 0.3 is 0 Å². The summed E-state index contributed by atoms with van der Waals surface area (Å²) in [5, 5.41) is 0. The summed E-state index contributed by atoms with van der Waals surface area (Å²) >= 11 is 0. The molecule has 0 saturated heterocycles. The van der Waals surface area contributed by atoms with Crippen LogP contribution in [0.1, 0.15) is 39.2 Å². The van der Waals surface area contributed by atoms with Crippen LogP contribution in [0.5, 0.6) is 11.5 Å². The normalized spacial score (nSPS) is 11.3. The summed E-state index contributed by atoms with van der Waals surface area (Å²) in [4.78, 5) is 0. The van der Waals surface area contributed by atoms with Crippen LogP contribution in [0, 0.1) is 0 Å². The van der Waals surface area contributed by atoms with Crippen molar-refractivity contribution in [2.45, 2.75) is 39.0 Å². The minimum absolute atomic E-state index is 0.196. The van der Waals surface area contributed by atoms with Gasteiger partial charge in [0.15, 0.2) is 0 Å². The van der Waals surface area contributed by atoms with Gasteiger partial charge in [-0.25, -0.2) is 0 Å². The highest BCUT2D eigenvalue weighted by Crippen LogP contribution is 2.35. The van der Waals surface area contributed by atoms with Crippen molar-refractivity contribution in [3.8, 4) is 11.5 Å². The van der Waals surface area contributed by atoms with E-state index in [-0.39, 0.29) is 5.41 Å². The highest BCUT2D eigenvalue weighted by atomic mass is 16.5. The fraction of sp³-hybridized carbons (Fsp3) is 0.571. The second-order valence-corrected chi connectivity index (χ2v) is 4.37. The van der Waals surface area contributed by atoms with Crippen molar-refractivity contribution in [3.05, 3.63) is 23.8 Å². The Labute approximate surface area is 98.6 Å². The molecule has 0 aliphatic rings. The van der Waals surface area contributed by atoms with E-state index in [1.54, 1.807) is 14.2 Å². The van der Waals surface area contributed by atoms with E-state index >= 15 is 0 Å². The topological polar surface area (TPSA) is 18.5 Å². The summed E-state index contributed by atoms with van der Waals surface area (Å²) in [7, 11) is 3.38. The first kappa shape index (κ1) is 12.9. The van der Waals surface area contributed by atoms with Crippen LogP contribution in [0.25, 0.3) is 0 Å². The molecule has 0 saturated carbocycles. The van der Waals surface area contributed by atoms with E-state index in [0.29, 0.717) is 0 Å². The lowest BCUT2D eigenvalue weighted by Crippen LogP contribution is -2.19. The Morgan fingerprint density at radius 3 is 1.69 bits per heavy atom. The van der Waals surface area contributed by atoms with Crippen molar-refractivity contribution >= 4 is 0 Å². The van der Waals surface area contributed by atoms with E-state index in [1.165, 1.54) is 5.56 Å². The van der Waals surface area contributed by atoms with Crippen LogP contribution in [0.2, 0.25) is 0 Å². The molecule has 2 nitrogen and oxygen atoms in total. The van der Waals surface area contributed by atoms with E-state index in [4.69, 9.17) is 9.47 Å². The van der Waals surface area contributed by atoms with Crippen LogP contribution >= 0.6 is 0 Å². The van der Waals surface area contributed by atoms with Gasteiger partial charge in [-0.05, 0) is 36.0 Å². The largest absolute Gasteiger partial charge is 0.497 e. The quantitative estimate of drug-likeness (QED) is 0.754. The van der Waals surface area contributed by atoms with Crippen molar-refractivity contribution in [1.29, 1.82) is 0 Å². The lowest BCUT2D eigenvalue weighted by Gasteiger charge is -2.28. The first-order chi connectivity index (χ1) is 7.59. The molecular weight excluding hydrogens is 200 g/mol. The molecule has 0 aliphatic heterocycles. The number of ether oxygens (including phenoxy) is 2. The average Bonchev–Trinajstić information content (AvgIpc) is 2.36. The first-order valence-corrected chi connectivity index (χ1v) is 5.83. The zero-order valence-corrected chi connectivity index (χ0v) is 11.0. The molecule has 0 N–H and O–H groups in total. The summed E-state index contributed by atoms with van der Waals surface area (Å²) in [6, 6.07) is 6.13. The van der Waals surface area contributed by atoms with Crippen LogP contribution in [0.3, 0.4) is 0 Å². The molecule has 0 heterocycles. The van der Waals surface area contributed by atoms with Gasteiger partial charge in [0, 0.05) is 6.07 Å². The van der Waals surface area contributed by atoms with Gasteiger partial charge in [0.25, 0.3) is 0 Å². The van der Waals surface area contributed by atoms with Gasteiger partial charge in [0.2, 0.25) is 0 Å². The van der Waals surface area contributed by atoms with Crippen LogP contribution in [0.15, 0.2) is 18.2 Å². The standard InChI is InChI=1S/C14H22O2/c1-6-14(3,7-2)11-8-12(15-4)10-13(9-11)16-5/h8-10H,6-7H2,1-5H3. The predicted molar refractivity (Wildman–Crippen MR) is 67.5 cm³/mol. The molecule has 16 heavy (non-hydrogen) atoms. The van der Waals surface area contributed by atoms with Gasteiger partial charge in [0.05, 0.1) is 14.2 Å². The zero-order chi connectivity index (χ0) is 12.2. The third-order valence-electron chi connectivity index (χ3n) is 3.61. The summed E-state index contributed by atoms with van der Waals surface area (Å²) in [6.45, 7) is 6.71. The van der Waals surface area contributed by atoms with Crippen molar-refractivity contribution < 1.29 is 9.47 Å². The zero-order valence-electron chi connectivity index (χ0n) is 11.0. The Balaban J connectivity index is 3.21. The Morgan fingerprint density at radius 1 is 0.938 bits per heavy atom. The maximum absolute atomic E-state index is 5.30. The van der Waals surface area contributed by atoms with Crippen molar-refractivity contribution in [1.82, 2.24) is 0 Å². The molecule has 2 heteroatoms. The number of benzene rings is 1. The maximum Gasteiger partial charge on any atom is 0.122 e. The van der Waals surface area contributed by atoms with Gasteiger partial charge in [0.1, 0.15) is 11.5 Å². The Bertz CT molecular complexity index is 318. The number of hydrogen-bond donors (Lipinski definition) is 0. The highest BCUT2D eigenvalue weighted by Gasteiger charge is 2.23. The third-order valence-corrected chi connectivity index (χ3v) is 3.61. The van der Waals surface area contributed by atoms with E-state index < -0.39 is 0 Å². The Morgan fingerprint density at radius 2 is 1.38 bits per heavy atom. The van der Waals surface area contributed by atoms with Crippen LogP contribution < -0.4 is 9.47 Å². The van der Waals surface area contributed by atoms with E-state index in [1.807, 2.05) is 6.07 Å². The molecule has 1 rings (SSSR count). The number of rotatable bonds is 5. The Hall–Kier alpha value is -1.18. The van der Waals surface area contributed by atoms with Crippen LogP contribution in [-0.4, -0.2) is 14.2 Å². The third kappa shape index (κ3) is 2.49. The number of hydrogen-bond acceptors (Lipinski definition) is 2. The first-order valence-electron chi connectivity index (χ1n) is 5.83. The fourth-order valence-electron chi connectivity index (χ4n) is 1.81. The van der Waals surface area contributed by atoms with E-state index in [9.17, 15) is 0 Å². The average molecular weight is 222 g/mol. The van der Waals surface area contributed by atoms with E-state index in [0.717, 1.165) is 24.3 Å². The molecule has 0 fully saturated rings. The molecule has 0 aliphatic carbocycles. The molecule has 90 valence electrons. The lowest BCUT2D eigenvalue weighted by atomic mass is 9.78. The second kappa shape index (κ2) is 5.24. The summed E-state index contributed by atoms with van der Waals surface area (Å²) in [5.74, 6) is 1.73. The molecule has 0 unspecified atom stereocenters. The number of methoxy groups -OCH3 is 2. The van der Waals surface area contributed by atoms with Crippen molar-refractivity contribution in [3.63, 3.8) is 0 Å². The summed E-state index contributed by atoms with van der Waals surface area (Å²) in [6.07, 6.45) is 2.22. The monoisotopic (exact) mass is 222 g/mol. The van der Waals surface area contributed by atoms with Gasteiger partial charge in [-0.1, -0.05) is 20.8 Å². The SMILES string of the molecule is CCC(C)(CC)c1cc(OC)cc(OC)c1. The maximum atomic E-state index is 5.30. The highest BCUT2D eigenvalue weighted by molar-refractivity contribution is 5.41. The van der Waals surface area contributed by atoms with Gasteiger partial charge in [-0.15, -0.1) is 0 Å². The minimum Gasteiger partial charge on any atom is -0.497 e. The van der Waals surface area contributed by atoms with Crippen molar-refractivity contribution in [2.24, 2.45) is 0 Å². The summed E-state index contributed by atoms with van der Waals surface area (Å²) < 4.78 is 10.6. The second-order valence-electron chi connectivity index (χ2n) is 4.37. The summed E-state index contributed by atoms with van der Waals surface area (Å²) in [5.41, 5.74) is 1.48. The molecule has 0 aromatic heterocycles. The predicted octanol–water partition coefficient (Wildman–Crippen LogP) is 3.78. The molecule has 0 spiro atoms. The van der Waals surface area contributed by atoms with Gasteiger partial charge < -0.3 is 9.47 Å². The molecule has 0 atom stereocenters. The molecular formula is C14H22O2. The van der Waals surface area contributed by atoms with Crippen LogP contribution in [-0.2, 0) is 5.41 Å². The fourth-order valence-corrected chi connectivity index (χ4v) is 1.81. The molecule has 0 bridgehead atoms.